The molecule has 2 saturated heterocycles. The predicted octanol–water partition coefficient (Wildman–Crippen LogP) is 2.44. The molecule has 0 aliphatic carbocycles. The van der Waals surface area contributed by atoms with Crippen LogP contribution < -0.4 is 5.32 Å². The monoisotopic (exact) mass is 450 g/mol. The molecule has 2 heterocycles. The topological polar surface area (TPSA) is 102 Å². The van der Waals surface area contributed by atoms with E-state index in [1.165, 1.54) is 14.2 Å². The Morgan fingerprint density at radius 3 is 2.27 bits per heavy atom. The molecule has 2 aromatic carbocycles. The first-order valence-electron chi connectivity index (χ1n) is 10.9. The zero-order valence-corrected chi connectivity index (χ0v) is 18.5. The molecule has 2 bridgehead atoms. The van der Waals surface area contributed by atoms with E-state index < -0.39 is 30.0 Å². The maximum atomic E-state index is 13.6. The number of carbonyl (C=O) groups excluding carboxylic acids is 4. The van der Waals surface area contributed by atoms with Gasteiger partial charge in [-0.05, 0) is 37.1 Å². The van der Waals surface area contributed by atoms with Gasteiger partial charge in [-0.25, -0.2) is 4.79 Å². The van der Waals surface area contributed by atoms with Gasteiger partial charge in [0.15, 0.2) is 0 Å². The van der Waals surface area contributed by atoms with E-state index in [0.717, 1.165) is 0 Å². The van der Waals surface area contributed by atoms with Gasteiger partial charge in [0.2, 0.25) is 0 Å². The van der Waals surface area contributed by atoms with Gasteiger partial charge in [-0.15, -0.1) is 0 Å². The molecular formula is C25H26N2O6. The van der Waals surface area contributed by atoms with E-state index in [4.69, 9.17) is 9.47 Å². The van der Waals surface area contributed by atoms with Crippen LogP contribution in [0.15, 0.2) is 54.6 Å². The number of carbonyl (C=O) groups is 4. The van der Waals surface area contributed by atoms with Gasteiger partial charge in [-0.1, -0.05) is 30.3 Å². The van der Waals surface area contributed by atoms with E-state index in [1.54, 1.807) is 59.5 Å². The van der Waals surface area contributed by atoms with E-state index in [-0.39, 0.29) is 29.0 Å². The SMILES string of the molecule is CNC(=O)c1ccccc1C(=O)N1C2CCC1[C@@H](C(=O)OC)[C@@H](OC(=O)c1ccccc1)C2. The van der Waals surface area contributed by atoms with Gasteiger partial charge in [-0.3, -0.25) is 14.4 Å². The predicted molar refractivity (Wildman–Crippen MR) is 119 cm³/mol. The van der Waals surface area contributed by atoms with Crippen molar-refractivity contribution in [2.24, 2.45) is 5.92 Å². The number of rotatable bonds is 5. The number of hydrogen-bond acceptors (Lipinski definition) is 6. The second kappa shape index (κ2) is 9.44. The summed E-state index contributed by atoms with van der Waals surface area (Å²) in [6.07, 6.45) is 0.868. The van der Waals surface area contributed by atoms with Crippen LogP contribution in [0.1, 0.15) is 50.3 Å². The van der Waals surface area contributed by atoms with Crippen LogP contribution in [0.25, 0.3) is 0 Å². The maximum Gasteiger partial charge on any atom is 0.338 e. The average Bonchev–Trinajstić information content (AvgIpc) is 3.17. The van der Waals surface area contributed by atoms with Gasteiger partial charge in [-0.2, -0.15) is 0 Å². The summed E-state index contributed by atoms with van der Waals surface area (Å²) in [7, 11) is 2.79. The van der Waals surface area contributed by atoms with Crippen LogP contribution in [-0.2, 0) is 14.3 Å². The van der Waals surface area contributed by atoms with Crippen molar-refractivity contribution in [2.75, 3.05) is 14.2 Å². The average molecular weight is 450 g/mol. The molecule has 2 unspecified atom stereocenters. The standard InChI is InChI=1S/C25H26N2O6/c1-26-22(28)17-10-6-7-11-18(17)23(29)27-16-12-13-19(27)21(25(31)32-2)20(14-16)33-24(30)15-8-4-3-5-9-15/h3-11,16,19-21H,12-14H2,1-2H3,(H,26,28)/t16?,19?,20-,21+/m0/s1. The number of ether oxygens (including phenoxy) is 2. The Bertz CT molecular complexity index is 1070. The van der Waals surface area contributed by atoms with Crippen molar-refractivity contribution in [1.82, 2.24) is 10.2 Å². The molecule has 2 amide bonds. The van der Waals surface area contributed by atoms with Gasteiger partial charge < -0.3 is 19.7 Å². The summed E-state index contributed by atoms with van der Waals surface area (Å²) in [6.45, 7) is 0. The van der Waals surface area contributed by atoms with Gasteiger partial charge in [0.1, 0.15) is 12.0 Å². The molecule has 0 spiro atoms. The molecule has 1 N–H and O–H groups in total. The Hall–Kier alpha value is -3.68. The molecule has 2 aliphatic rings. The van der Waals surface area contributed by atoms with Crippen LogP contribution in [0.4, 0.5) is 0 Å². The first kappa shape index (κ1) is 22.5. The lowest BCUT2D eigenvalue weighted by molar-refractivity contribution is -0.155. The van der Waals surface area contributed by atoms with E-state index in [0.29, 0.717) is 24.8 Å². The minimum absolute atomic E-state index is 0.213. The molecule has 8 nitrogen and oxygen atoms in total. The third-order valence-corrected chi connectivity index (χ3v) is 6.47. The van der Waals surface area contributed by atoms with Crippen LogP contribution in [0.5, 0.6) is 0 Å². The molecule has 4 atom stereocenters. The zero-order chi connectivity index (χ0) is 23.5. The largest absolute Gasteiger partial charge is 0.469 e. The third-order valence-electron chi connectivity index (χ3n) is 6.47. The third kappa shape index (κ3) is 4.20. The van der Waals surface area contributed by atoms with Crippen molar-refractivity contribution in [3.05, 3.63) is 71.3 Å². The van der Waals surface area contributed by atoms with E-state index in [9.17, 15) is 19.2 Å². The fourth-order valence-corrected chi connectivity index (χ4v) is 4.96. The van der Waals surface area contributed by atoms with Crippen molar-refractivity contribution < 1.29 is 28.7 Å². The molecule has 2 aromatic rings. The summed E-state index contributed by atoms with van der Waals surface area (Å²) in [5, 5.41) is 2.56. The highest BCUT2D eigenvalue weighted by Gasteiger charge is 2.54. The minimum Gasteiger partial charge on any atom is -0.469 e. The normalized spacial score (nSPS) is 23.5. The highest BCUT2D eigenvalue weighted by molar-refractivity contribution is 6.07. The summed E-state index contributed by atoms with van der Waals surface area (Å²) < 4.78 is 10.8. The molecule has 4 rings (SSSR count). The van der Waals surface area contributed by atoms with E-state index in [2.05, 4.69) is 5.32 Å². The fourth-order valence-electron chi connectivity index (χ4n) is 4.96. The number of nitrogens with one attached hydrogen (secondary N) is 1. The van der Waals surface area contributed by atoms with E-state index >= 15 is 0 Å². The number of hydrogen-bond donors (Lipinski definition) is 1. The van der Waals surface area contributed by atoms with Crippen LogP contribution in [-0.4, -0.2) is 61.0 Å². The first-order chi connectivity index (χ1) is 16.0. The fraction of sp³-hybridized carbons (Fsp3) is 0.360. The lowest BCUT2D eigenvalue weighted by Crippen LogP contribution is -2.57. The van der Waals surface area contributed by atoms with Gasteiger partial charge in [0, 0.05) is 25.6 Å². The molecule has 2 aliphatic heterocycles. The van der Waals surface area contributed by atoms with Crippen LogP contribution >= 0.6 is 0 Å². The Labute approximate surface area is 191 Å². The van der Waals surface area contributed by atoms with Crippen molar-refractivity contribution >= 4 is 23.8 Å². The Balaban J connectivity index is 1.63. The molecule has 8 heteroatoms. The molecule has 2 fully saturated rings. The number of nitrogens with zero attached hydrogens (tertiary/aromatic N) is 1. The smallest absolute Gasteiger partial charge is 0.338 e. The molecule has 0 radical (unpaired) electrons. The number of methoxy groups -OCH3 is 1. The van der Waals surface area contributed by atoms with Crippen LogP contribution in [0.3, 0.4) is 0 Å². The van der Waals surface area contributed by atoms with Crippen molar-refractivity contribution in [3.63, 3.8) is 0 Å². The number of amides is 2. The highest BCUT2D eigenvalue weighted by Crippen LogP contribution is 2.42. The Kier molecular flexibility index (Phi) is 6.44. The Morgan fingerprint density at radius 1 is 0.939 bits per heavy atom. The van der Waals surface area contributed by atoms with Gasteiger partial charge in [0.05, 0.1) is 23.8 Å². The first-order valence-corrected chi connectivity index (χ1v) is 10.9. The summed E-state index contributed by atoms with van der Waals surface area (Å²) >= 11 is 0. The summed E-state index contributed by atoms with van der Waals surface area (Å²) in [5.41, 5.74) is 0.945. The minimum atomic E-state index is -0.808. The number of benzene rings is 2. The molecule has 0 saturated carbocycles. The second-order valence-electron chi connectivity index (χ2n) is 8.23. The summed E-state index contributed by atoms with van der Waals surface area (Å²) in [6, 6.07) is 14.5. The van der Waals surface area contributed by atoms with Crippen LogP contribution in [0.2, 0.25) is 0 Å². The van der Waals surface area contributed by atoms with Crippen LogP contribution in [0, 0.1) is 5.92 Å². The molecule has 0 aromatic heterocycles. The van der Waals surface area contributed by atoms with Gasteiger partial charge >= 0.3 is 11.9 Å². The number of esters is 2. The highest BCUT2D eigenvalue weighted by atomic mass is 16.6. The van der Waals surface area contributed by atoms with E-state index in [1.807, 2.05) is 0 Å². The second-order valence-corrected chi connectivity index (χ2v) is 8.23. The summed E-state index contributed by atoms with van der Waals surface area (Å²) in [5.74, 6) is -2.52. The number of fused-ring (bicyclic) bond motifs is 2. The van der Waals surface area contributed by atoms with Gasteiger partial charge in [0.25, 0.3) is 11.8 Å². The lowest BCUT2D eigenvalue weighted by atomic mass is 9.86. The molecule has 172 valence electrons. The summed E-state index contributed by atoms with van der Waals surface area (Å²) in [4.78, 5) is 53.1. The lowest BCUT2D eigenvalue weighted by Gasteiger charge is -2.43. The maximum absolute atomic E-state index is 13.6. The molecular weight excluding hydrogens is 424 g/mol. The van der Waals surface area contributed by atoms with Crippen molar-refractivity contribution in [3.8, 4) is 0 Å². The molecule has 33 heavy (non-hydrogen) atoms. The Morgan fingerprint density at radius 2 is 1.61 bits per heavy atom. The van der Waals surface area contributed by atoms with Crippen molar-refractivity contribution in [2.45, 2.75) is 37.5 Å². The number of piperidine rings is 1. The van der Waals surface area contributed by atoms with Crippen molar-refractivity contribution in [1.29, 1.82) is 0 Å². The quantitative estimate of drug-likeness (QED) is 0.702. The zero-order valence-electron chi connectivity index (χ0n) is 18.5.